The van der Waals surface area contributed by atoms with Crippen LogP contribution in [0.3, 0.4) is 0 Å². The molecule has 0 bridgehead atoms. The monoisotopic (exact) mass is 536 g/mol. The fourth-order valence-corrected chi connectivity index (χ4v) is 6.71. The highest BCUT2D eigenvalue weighted by molar-refractivity contribution is 6.23. The molecular weight excluding hydrogens is 512 g/mol. The summed E-state index contributed by atoms with van der Waals surface area (Å²) >= 11 is 0. The third kappa shape index (κ3) is 3.33. The minimum atomic E-state index is 0.794. The molecule has 0 N–H and O–H groups in total. The summed E-state index contributed by atoms with van der Waals surface area (Å²) in [5.74, 6) is 0. The highest BCUT2D eigenvalue weighted by Crippen LogP contribution is 2.47. The number of hydrogen-bond acceptors (Lipinski definition) is 2. The molecule has 0 aliphatic rings. The summed E-state index contributed by atoms with van der Waals surface area (Å²) < 4.78 is 12.1. The summed E-state index contributed by atoms with van der Waals surface area (Å²) in [7, 11) is 0. The molecule has 196 valence electrons. The molecule has 7 aromatic carbocycles. The van der Waals surface area contributed by atoms with Gasteiger partial charge in [-0.15, -0.1) is 0 Å². The molecule has 0 atom stereocenters. The van der Waals surface area contributed by atoms with Crippen LogP contribution >= 0.6 is 0 Å². The van der Waals surface area contributed by atoms with Crippen LogP contribution in [0.5, 0.6) is 0 Å². The molecule has 2 heterocycles. The lowest BCUT2D eigenvalue weighted by atomic mass is 9.83. The summed E-state index contributed by atoms with van der Waals surface area (Å²) in [6.45, 7) is 0. The van der Waals surface area contributed by atoms with Crippen LogP contribution < -0.4 is 0 Å². The standard InChI is InChI=1S/C40H24O2/c1-2-10-25(11-3-1)28-12-4-5-13-29(28)38-32-16-8-6-14-30(32)37(31-15-7-9-17-33(31)38)27-19-21-36-35(24-27)34-20-18-26-22-23-41-39(26)40(34)42-36/h1-24H. The Hall–Kier alpha value is -5.60. The van der Waals surface area contributed by atoms with E-state index in [2.05, 4.69) is 133 Å². The second-order valence-electron chi connectivity index (χ2n) is 10.8. The highest BCUT2D eigenvalue weighted by atomic mass is 16.4. The third-order valence-electron chi connectivity index (χ3n) is 8.56. The van der Waals surface area contributed by atoms with Crippen LogP contribution in [-0.4, -0.2) is 0 Å². The van der Waals surface area contributed by atoms with E-state index in [0.717, 1.165) is 32.9 Å². The van der Waals surface area contributed by atoms with Crippen LogP contribution in [0.25, 0.3) is 87.8 Å². The van der Waals surface area contributed by atoms with Gasteiger partial charge < -0.3 is 8.83 Å². The van der Waals surface area contributed by atoms with Gasteiger partial charge in [-0.2, -0.15) is 0 Å². The van der Waals surface area contributed by atoms with E-state index in [1.807, 2.05) is 6.07 Å². The fourth-order valence-electron chi connectivity index (χ4n) is 6.71. The lowest BCUT2D eigenvalue weighted by molar-refractivity contribution is 0.600. The zero-order valence-electron chi connectivity index (χ0n) is 22.7. The van der Waals surface area contributed by atoms with Crippen LogP contribution in [-0.2, 0) is 0 Å². The van der Waals surface area contributed by atoms with E-state index in [1.54, 1.807) is 6.26 Å². The number of hydrogen-bond donors (Lipinski definition) is 0. The van der Waals surface area contributed by atoms with Crippen molar-refractivity contribution < 1.29 is 8.83 Å². The van der Waals surface area contributed by atoms with Crippen LogP contribution in [0.1, 0.15) is 0 Å². The highest BCUT2D eigenvalue weighted by Gasteiger charge is 2.20. The summed E-state index contributed by atoms with van der Waals surface area (Å²) in [6.07, 6.45) is 1.72. The Balaban J connectivity index is 1.37. The first-order chi connectivity index (χ1) is 20.8. The first kappa shape index (κ1) is 23.1. The van der Waals surface area contributed by atoms with Crippen LogP contribution in [0.15, 0.2) is 155 Å². The SMILES string of the molecule is c1ccc(-c2ccccc2-c2c3ccccc3c(-c3ccc4oc5c(ccc6ccoc65)c4c3)c3ccccc23)cc1. The first-order valence-electron chi connectivity index (χ1n) is 14.3. The predicted molar refractivity (Wildman–Crippen MR) is 175 cm³/mol. The molecule has 2 aromatic heterocycles. The van der Waals surface area contributed by atoms with Crippen LogP contribution in [0.4, 0.5) is 0 Å². The van der Waals surface area contributed by atoms with E-state index in [1.165, 1.54) is 54.9 Å². The Labute approximate surface area is 242 Å². The van der Waals surface area contributed by atoms with Gasteiger partial charge in [-0.3, -0.25) is 0 Å². The maximum Gasteiger partial charge on any atom is 0.178 e. The van der Waals surface area contributed by atoms with Gasteiger partial charge >= 0.3 is 0 Å². The molecular formula is C40H24O2. The normalized spacial score (nSPS) is 11.8. The Kier molecular flexibility index (Phi) is 4.93. The molecule has 0 fully saturated rings. The van der Waals surface area contributed by atoms with Gasteiger partial charge in [0.15, 0.2) is 11.2 Å². The Bertz CT molecular complexity index is 2400. The molecule has 0 saturated heterocycles. The second-order valence-corrected chi connectivity index (χ2v) is 10.8. The van der Waals surface area contributed by atoms with Gasteiger partial charge in [0.05, 0.1) is 6.26 Å². The molecule has 0 radical (unpaired) electrons. The molecule has 9 aromatic rings. The minimum Gasteiger partial charge on any atom is -0.460 e. The Morgan fingerprint density at radius 3 is 1.76 bits per heavy atom. The molecule has 9 rings (SSSR count). The molecule has 0 spiro atoms. The number of rotatable bonds is 3. The number of furan rings is 2. The van der Waals surface area contributed by atoms with Crippen molar-refractivity contribution in [1.29, 1.82) is 0 Å². The first-order valence-corrected chi connectivity index (χ1v) is 14.3. The van der Waals surface area contributed by atoms with E-state index in [9.17, 15) is 0 Å². The maximum atomic E-state index is 6.33. The van der Waals surface area contributed by atoms with Gasteiger partial charge in [-0.1, -0.05) is 115 Å². The molecule has 2 heteroatoms. The van der Waals surface area contributed by atoms with Crippen molar-refractivity contribution in [2.75, 3.05) is 0 Å². The molecule has 2 nitrogen and oxygen atoms in total. The number of fused-ring (bicyclic) bond motifs is 7. The Morgan fingerprint density at radius 2 is 1.02 bits per heavy atom. The van der Waals surface area contributed by atoms with E-state index in [0.29, 0.717) is 0 Å². The lowest BCUT2D eigenvalue weighted by Gasteiger charge is -2.19. The van der Waals surface area contributed by atoms with E-state index < -0.39 is 0 Å². The van der Waals surface area contributed by atoms with Crippen LogP contribution in [0, 0.1) is 0 Å². The minimum absolute atomic E-state index is 0.794. The lowest BCUT2D eigenvalue weighted by Crippen LogP contribution is -1.92. The average molecular weight is 537 g/mol. The molecule has 0 amide bonds. The molecule has 0 unspecified atom stereocenters. The average Bonchev–Trinajstić information content (AvgIpc) is 3.68. The third-order valence-corrected chi connectivity index (χ3v) is 8.56. The van der Waals surface area contributed by atoms with E-state index >= 15 is 0 Å². The van der Waals surface area contributed by atoms with Crippen molar-refractivity contribution in [3.05, 3.63) is 146 Å². The van der Waals surface area contributed by atoms with Crippen molar-refractivity contribution in [2.45, 2.75) is 0 Å². The summed E-state index contributed by atoms with van der Waals surface area (Å²) in [4.78, 5) is 0. The molecule has 0 saturated carbocycles. The van der Waals surface area contributed by atoms with Crippen molar-refractivity contribution in [2.24, 2.45) is 0 Å². The smallest absolute Gasteiger partial charge is 0.178 e. The van der Waals surface area contributed by atoms with Gasteiger partial charge in [0.25, 0.3) is 0 Å². The summed E-state index contributed by atoms with van der Waals surface area (Å²) in [5, 5.41) is 8.14. The topological polar surface area (TPSA) is 26.3 Å². The van der Waals surface area contributed by atoms with Crippen molar-refractivity contribution >= 4 is 54.5 Å². The molecule has 42 heavy (non-hydrogen) atoms. The zero-order chi connectivity index (χ0) is 27.6. The van der Waals surface area contributed by atoms with E-state index in [-0.39, 0.29) is 0 Å². The second kappa shape index (κ2) is 8.95. The summed E-state index contributed by atoms with van der Waals surface area (Å²) in [6, 6.07) is 49.9. The van der Waals surface area contributed by atoms with Crippen molar-refractivity contribution in [1.82, 2.24) is 0 Å². The number of benzene rings is 7. The molecule has 0 aliphatic heterocycles. The van der Waals surface area contributed by atoms with Crippen LogP contribution in [0.2, 0.25) is 0 Å². The fraction of sp³-hybridized carbons (Fsp3) is 0. The van der Waals surface area contributed by atoms with Gasteiger partial charge in [0.2, 0.25) is 0 Å². The largest absolute Gasteiger partial charge is 0.460 e. The van der Waals surface area contributed by atoms with Crippen molar-refractivity contribution in [3.63, 3.8) is 0 Å². The van der Waals surface area contributed by atoms with Gasteiger partial charge in [-0.05, 0) is 79.2 Å². The van der Waals surface area contributed by atoms with Gasteiger partial charge in [0, 0.05) is 16.2 Å². The zero-order valence-corrected chi connectivity index (χ0v) is 22.7. The van der Waals surface area contributed by atoms with Crippen molar-refractivity contribution in [3.8, 4) is 33.4 Å². The summed E-state index contributed by atoms with van der Waals surface area (Å²) in [5.41, 5.74) is 9.80. The predicted octanol–water partition coefficient (Wildman–Crippen LogP) is 11.6. The quantitative estimate of drug-likeness (QED) is 0.210. The van der Waals surface area contributed by atoms with Gasteiger partial charge in [0.1, 0.15) is 5.58 Å². The Morgan fingerprint density at radius 1 is 0.381 bits per heavy atom. The van der Waals surface area contributed by atoms with E-state index in [4.69, 9.17) is 8.83 Å². The maximum absolute atomic E-state index is 6.33. The molecule has 0 aliphatic carbocycles. The van der Waals surface area contributed by atoms with Gasteiger partial charge in [-0.25, -0.2) is 0 Å².